The van der Waals surface area contributed by atoms with Gasteiger partial charge in [0.1, 0.15) is 5.76 Å². The molecule has 0 aromatic heterocycles. The number of halogens is 3. The summed E-state index contributed by atoms with van der Waals surface area (Å²) < 4.78 is 39.9. The summed E-state index contributed by atoms with van der Waals surface area (Å²) in [5.74, 6) is 0.197. The average molecular weight is 236 g/mol. The van der Waals surface area contributed by atoms with Gasteiger partial charge < -0.3 is 4.74 Å². The maximum atomic E-state index is 11.8. The van der Waals surface area contributed by atoms with Crippen molar-refractivity contribution in [2.75, 3.05) is 6.61 Å². The molecule has 0 saturated heterocycles. The Morgan fingerprint density at radius 3 is 2.06 bits per heavy atom. The van der Waals surface area contributed by atoms with Gasteiger partial charge in [-0.05, 0) is 26.0 Å². The molecular formula is C12H19F3O. The Morgan fingerprint density at radius 1 is 1.12 bits per heavy atom. The van der Waals surface area contributed by atoms with E-state index < -0.39 is 12.8 Å². The average Bonchev–Trinajstić information content (AvgIpc) is 2.24. The maximum Gasteiger partial charge on any atom is 0.422 e. The summed E-state index contributed by atoms with van der Waals surface area (Å²) >= 11 is 0. The molecule has 0 spiro atoms. The molecule has 0 unspecified atom stereocenters. The van der Waals surface area contributed by atoms with Gasteiger partial charge in [-0.1, -0.05) is 32.1 Å². The van der Waals surface area contributed by atoms with E-state index in [0.717, 1.165) is 0 Å². The number of alkyl halides is 3. The van der Waals surface area contributed by atoms with Gasteiger partial charge >= 0.3 is 6.18 Å². The van der Waals surface area contributed by atoms with Gasteiger partial charge in [0, 0.05) is 0 Å². The summed E-state index contributed by atoms with van der Waals surface area (Å²) in [6, 6.07) is 0. The van der Waals surface area contributed by atoms with Crippen LogP contribution in [0.2, 0.25) is 0 Å². The molecule has 0 saturated carbocycles. The summed E-state index contributed by atoms with van der Waals surface area (Å²) in [7, 11) is 0. The van der Waals surface area contributed by atoms with Crippen molar-refractivity contribution in [1.82, 2.24) is 0 Å². The second kappa shape index (κ2) is 10.3. The lowest BCUT2D eigenvalue weighted by Crippen LogP contribution is -2.16. The van der Waals surface area contributed by atoms with Crippen LogP contribution in [0.25, 0.3) is 0 Å². The van der Waals surface area contributed by atoms with Crippen LogP contribution in [0.1, 0.15) is 27.7 Å². The van der Waals surface area contributed by atoms with Gasteiger partial charge in [0.05, 0.1) is 0 Å². The van der Waals surface area contributed by atoms with E-state index in [1.807, 2.05) is 13.8 Å². The van der Waals surface area contributed by atoms with Crippen LogP contribution in [0.15, 0.2) is 36.1 Å². The molecule has 0 aliphatic rings. The predicted molar refractivity (Wildman–Crippen MR) is 61.1 cm³/mol. The van der Waals surface area contributed by atoms with Crippen LogP contribution in [-0.2, 0) is 4.74 Å². The molecule has 0 radical (unpaired) electrons. The normalized spacial score (nSPS) is 12.8. The lowest BCUT2D eigenvalue weighted by Gasteiger charge is -2.08. The van der Waals surface area contributed by atoms with Crippen LogP contribution in [0, 0.1) is 0 Å². The Morgan fingerprint density at radius 2 is 1.69 bits per heavy atom. The molecule has 0 fully saturated rings. The molecule has 1 nitrogen and oxygen atoms in total. The van der Waals surface area contributed by atoms with E-state index in [2.05, 4.69) is 4.74 Å². The summed E-state index contributed by atoms with van der Waals surface area (Å²) in [4.78, 5) is 0. The van der Waals surface area contributed by atoms with E-state index in [0.29, 0.717) is 0 Å². The third-order valence-corrected chi connectivity index (χ3v) is 1.19. The van der Waals surface area contributed by atoms with Gasteiger partial charge in [0.25, 0.3) is 0 Å². The molecule has 0 aliphatic carbocycles. The fourth-order valence-corrected chi connectivity index (χ4v) is 0.672. The highest BCUT2D eigenvalue weighted by atomic mass is 19.4. The van der Waals surface area contributed by atoms with Crippen molar-refractivity contribution in [1.29, 1.82) is 0 Å². The highest BCUT2D eigenvalue weighted by molar-refractivity contribution is 5.17. The summed E-state index contributed by atoms with van der Waals surface area (Å²) in [6.07, 6.45) is 3.60. The molecule has 16 heavy (non-hydrogen) atoms. The minimum absolute atomic E-state index is 0.197. The number of rotatable bonds is 4. The lowest BCUT2D eigenvalue weighted by molar-refractivity contribution is -0.163. The molecule has 0 atom stereocenters. The van der Waals surface area contributed by atoms with Crippen molar-refractivity contribution >= 4 is 0 Å². The minimum atomic E-state index is -4.30. The number of hydrogen-bond donors (Lipinski definition) is 0. The zero-order chi connectivity index (χ0) is 13.0. The maximum absolute atomic E-state index is 11.8. The third-order valence-electron chi connectivity index (χ3n) is 1.19. The molecule has 0 aromatic carbocycles. The number of ether oxygens (including phenoxy) is 1. The smallest absolute Gasteiger partial charge is 0.422 e. The number of hydrogen-bond acceptors (Lipinski definition) is 1. The van der Waals surface area contributed by atoms with Crippen molar-refractivity contribution in [2.24, 2.45) is 0 Å². The van der Waals surface area contributed by atoms with Gasteiger partial charge in [-0.2, -0.15) is 13.2 Å². The quantitative estimate of drug-likeness (QED) is 0.511. The lowest BCUT2D eigenvalue weighted by atomic mass is 10.3. The van der Waals surface area contributed by atoms with Gasteiger partial charge in [-0.3, -0.25) is 0 Å². The van der Waals surface area contributed by atoms with Crippen molar-refractivity contribution in [3.8, 4) is 0 Å². The molecular weight excluding hydrogens is 217 g/mol. The van der Waals surface area contributed by atoms with E-state index >= 15 is 0 Å². The van der Waals surface area contributed by atoms with Gasteiger partial charge in [-0.25, -0.2) is 0 Å². The molecule has 0 aromatic rings. The zero-order valence-corrected chi connectivity index (χ0v) is 10.1. The van der Waals surface area contributed by atoms with Crippen molar-refractivity contribution in [3.63, 3.8) is 0 Å². The van der Waals surface area contributed by atoms with E-state index in [1.165, 1.54) is 12.2 Å². The van der Waals surface area contributed by atoms with E-state index in [1.54, 1.807) is 32.1 Å². The Balaban J connectivity index is 0. The molecule has 0 heterocycles. The van der Waals surface area contributed by atoms with Crippen LogP contribution < -0.4 is 0 Å². The van der Waals surface area contributed by atoms with E-state index in [-0.39, 0.29) is 5.76 Å². The molecule has 0 N–H and O–H groups in total. The van der Waals surface area contributed by atoms with Crippen molar-refractivity contribution in [3.05, 3.63) is 36.1 Å². The number of allylic oxidation sites excluding steroid dienone is 5. The van der Waals surface area contributed by atoms with Gasteiger partial charge in [-0.15, -0.1) is 0 Å². The molecule has 94 valence electrons. The first-order valence-electron chi connectivity index (χ1n) is 5.15. The van der Waals surface area contributed by atoms with Crippen LogP contribution in [0.4, 0.5) is 13.2 Å². The summed E-state index contributed by atoms with van der Waals surface area (Å²) in [5.41, 5.74) is 0. The second-order valence-corrected chi connectivity index (χ2v) is 2.50. The minimum Gasteiger partial charge on any atom is -0.484 e. The fraction of sp³-hybridized carbons (Fsp3) is 0.500. The first-order valence-corrected chi connectivity index (χ1v) is 5.15. The largest absolute Gasteiger partial charge is 0.484 e. The second-order valence-electron chi connectivity index (χ2n) is 2.50. The zero-order valence-electron chi connectivity index (χ0n) is 10.1. The Kier molecular flexibility index (Phi) is 11.1. The van der Waals surface area contributed by atoms with Crippen molar-refractivity contribution in [2.45, 2.75) is 33.9 Å². The standard InChI is InChI=1S/C10H13F3O.C2H6/c1-3-5-7-9(6-4-2)14-8-10(11,12)13;1-2/h3-7H,8H2,1-2H3;1-2H3/b5-3-,6-4-,9-7+;. The first-order chi connectivity index (χ1) is 7.49. The SMILES string of the molecule is CC.C\C=C/C=C(\C=C/C)OCC(F)(F)F. The fourth-order valence-electron chi connectivity index (χ4n) is 0.672. The van der Waals surface area contributed by atoms with Crippen LogP contribution in [0.3, 0.4) is 0 Å². The molecule has 0 aliphatic heterocycles. The van der Waals surface area contributed by atoms with Gasteiger partial charge in [0.2, 0.25) is 0 Å². The first kappa shape index (κ1) is 17.2. The monoisotopic (exact) mass is 236 g/mol. The molecule has 4 heteroatoms. The van der Waals surface area contributed by atoms with E-state index in [4.69, 9.17) is 0 Å². The summed E-state index contributed by atoms with van der Waals surface area (Å²) in [5, 5.41) is 0. The summed E-state index contributed by atoms with van der Waals surface area (Å²) in [6.45, 7) is 6.22. The van der Waals surface area contributed by atoms with Crippen LogP contribution in [-0.4, -0.2) is 12.8 Å². The highest BCUT2D eigenvalue weighted by Crippen LogP contribution is 2.16. The van der Waals surface area contributed by atoms with Crippen LogP contribution in [0.5, 0.6) is 0 Å². The third kappa shape index (κ3) is 12.8. The topological polar surface area (TPSA) is 9.23 Å². The Bertz CT molecular complexity index is 237. The molecule has 0 bridgehead atoms. The molecule has 0 rings (SSSR count). The van der Waals surface area contributed by atoms with Crippen molar-refractivity contribution < 1.29 is 17.9 Å². The Hall–Kier alpha value is -1.19. The molecule has 0 amide bonds. The highest BCUT2D eigenvalue weighted by Gasteiger charge is 2.28. The predicted octanol–water partition coefficient (Wildman–Crippen LogP) is 4.63. The van der Waals surface area contributed by atoms with E-state index in [9.17, 15) is 13.2 Å². The van der Waals surface area contributed by atoms with Gasteiger partial charge in [0.15, 0.2) is 6.61 Å². The Labute approximate surface area is 95.3 Å². The van der Waals surface area contributed by atoms with Crippen LogP contribution >= 0.6 is 0 Å².